The first-order valence-electron chi connectivity index (χ1n) is 9.05. The van der Waals surface area contributed by atoms with Crippen LogP contribution < -0.4 is 10.1 Å². The van der Waals surface area contributed by atoms with E-state index in [0.717, 1.165) is 11.1 Å². The third-order valence-electron chi connectivity index (χ3n) is 4.28. The van der Waals surface area contributed by atoms with Gasteiger partial charge in [0.2, 0.25) is 15.9 Å². The molecule has 2 rings (SSSR count). The molecule has 0 fully saturated rings. The van der Waals surface area contributed by atoms with Crippen LogP contribution in [0.15, 0.2) is 53.4 Å². The van der Waals surface area contributed by atoms with E-state index in [1.54, 1.807) is 19.9 Å². The van der Waals surface area contributed by atoms with Gasteiger partial charge in [-0.1, -0.05) is 43.7 Å². The van der Waals surface area contributed by atoms with Crippen LogP contribution in [0.3, 0.4) is 0 Å². The Kier molecular flexibility index (Phi) is 7.37. The summed E-state index contributed by atoms with van der Waals surface area (Å²) in [5.74, 6) is 0.00634. The number of amides is 1. The van der Waals surface area contributed by atoms with Gasteiger partial charge in [0.05, 0.1) is 17.7 Å². The van der Waals surface area contributed by atoms with E-state index in [9.17, 15) is 13.2 Å². The first kappa shape index (κ1) is 21.7. The molecular weight excluding hydrogens is 376 g/mol. The van der Waals surface area contributed by atoms with Crippen LogP contribution in [0.4, 0.5) is 5.69 Å². The molecule has 0 atom stereocenters. The number of hydrogen-bond donors (Lipinski definition) is 1. The lowest BCUT2D eigenvalue weighted by Crippen LogP contribution is -2.30. The summed E-state index contributed by atoms with van der Waals surface area (Å²) in [5, 5.41) is 2.70. The summed E-state index contributed by atoms with van der Waals surface area (Å²) in [6, 6.07) is 12.2. The normalized spacial score (nSPS) is 11.8. The molecule has 0 saturated carbocycles. The van der Waals surface area contributed by atoms with Gasteiger partial charge in [-0.05, 0) is 36.8 Å². The van der Waals surface area contributed by atoms with Crippen LogP contribution >= 0.6 is 0 Å². The van der Waals surface area contributed by atoms with Crippen LogP contribution in [-0.4, -0.2) is 38.8 Å². The molecule has 0 unspecified atom stereocenters. The number of aryl methyl sites for hydroxylation is 1. The van der Waals surface area contributed by atoms with Gasteiger partial charge in [-0.15, -0.1) is 0 Å². The number of hydrogen-bond acceptors (Lipinski definition) is 4. The summed E-state index contributed by atoms with van der Waals surface area (Å²) < 4.78 is 32.1. The molecule has 0 bridgehead atoms. The maximum Gasteiger partial charge on any atom is 0.248 e. The molecule has 6 nitrogen and oxygen atoms in total. The fourth-order valence-corrected chi connectivity index (χ4v) is 4.17. The van der Waals surface area contributed by atoms with Crippen molar-refractivity contribution in [3.63, 3.8) is 0 Å². The smallest absolute Gasteiger partial charge is 0.248 e. The average molecular weight is 403 g/mol. The van der Waals surface area contributed by atoms with E-state index in [1.165, 1.54) is 35.7 Å². The summed E-state index contributed by atoms with van der Waals surface area (Å²) in [7, 11) is -2.17. The number of carbonyl (C=O) groups excluding carboxylic acids is 1. The summed E-state index contributed by atoms with van der Waals surface area (Å²) >= 11 is 0. The molecule has 2 aromatic rings. The highest BCUT2D eigenvalue weighted by Gasteiger charge is 2.23. The van der Waals surface area contributed by atoms with Crippen LogP contribution in [-0.2, 0) is 14.8 Å². The second kappa shape index (κ2) is 9.52. The Morgan fingerprint density at radius 2 is 1.75 bits per heavy atom. The van der Waals surface area contributed by atoms with Crippen molar-refractivity contribution < 1.29 is 17.9 Å². The molecular formula is C21H26N2O4S. The Morgan fingerprint density at radius 3 is 2.32 bits per heavy atom. The third kappa shape index (κ3) is 5.21. The number of sulfonamides is 1. The van der Waals surface area contributed by atoms with Gasteiger partial charge in [0.1, 0.15) is 5.75 Å². The van der Waals surface area contributed by atoms with Crippen LogP contribution in [0, 0.1) is 6.92 Å². The fourth-order valence-electron chi connectivity index (χ4n) is 2.68. The number of carbonyl (C=O) groups is 1. The maximum absolute atomic E-state index is 12.7. The van der Waals surface area contributed by atoms with E-state index in [4.69, 9.17) is 4.74 Å². The number of benzene rings is 2. The summed E-state index contributed by atoms with van der Waals surface area (Å²) in [5.41, 5.74) is 2.33. The van der Waals surface area contributed by atoms with Crippen molar-refractivity contribution in [2.45, 2.75) is 25.7 Å². The van der Waals surface area contributed by atoms with Gasteiger partial charge in [-0.25, -0.2) is 8.42 Å². The largest absolute Gasteiger partial charge is 0.495 e. The zero-order chi connectivity index (χ0) is 20.7. The number of rotatable bonds is 8. The molecule has 0 aromatic heterocycles. The highest BCUT2D eigenvalue weighted by molar-refractivity contribution is 7.89. The van der Waals surface area contributed by atoms with Gasteiger partial charge < -0.3 is 10.1 Å². The van der Waals surface area contributed by atoms with Crippen molar-refractivity contribution in [2.75, 3.05) is 25.5 Å². The predicted molar refractivity (Wildman–Crippen MR) is 112 cm³/mol. The van der Waals surface area contributed by atoms with E-state index < -0.39 is 10.0 Å². The van der Waals surface area contributed by atoms with Gasteiger partial charge in [0.25, 0.3) is 0 Å². The van der Waals surface area contributed by atoms with Crippen molar-refractivity contribution in [1.29, 1.82) is 0 Å². The first-order chi connectivity index (χ1) is 13.3. The number of anilines is 1. The Bertz CT molecular complexity index is 947. The minimum absolute atomic E-state index is 0.106. The van der Waals surface area contributed by atoms with Crippen LogP contribution in [0.2, 0.25) is 0 Å². The third-order valence-corrected chi connectivity index (χ3v) is 6.32. The van der Waals surface area contributed by atoms with E-state index >= 15 is 0 Å². The molecule has 0 spiro atoms. The molecule has 28 heavy (non-hydrogen) atoms. The van der Waals surface area contributed by atoms with Crippen LogP contribution in [0.5, 0.6) is 5.75 Å². The van der Waals surface area contributed by atoms with Gasteiger partial charge in [0.15, 0.2) is 0 Å². The van der Waals surface area contributed by atoms with Gasteiger partial charge >= 0.3 is 0 Å². The lowest BCUT2D eigenvalue weighted by Gasteiger charge is -2.19. The SMILES string of the molecule is CCN(CC)S(=O)(=O)c1ccc(OC)c(NC(=O)C=Cc2ccc(C)cc2)c1. The number of nitrogens with one attached hydrogen (secondary N) is 1. The van der Waals surface area contributed by atoms with E-state index in [0.29, 0.717) is 24.5 Å². The van der Waals surface area contributed by atoms with Gasteiger partial charge in [0, 0.05) is 19.2 Å². The molecule has 1 N–H and O–H groups in total. The summed E-state index contributed by atoms with van der Waals surface area (Å²) in [4.78, 5) is 12.4. The van der Waals surface area contributed by atoms with Crippen molar-refractivity contribution >= 4 is 27.7 Å². The highest BCUT2D eigenvalue weighted by Crippen LogP contribution is 2.29. The average Bonchev–Trinajstić information content (AvgIpc) is 2.68. The molecule has 0 heterocycles. The van der Waals surface area contributed by atoms with E-state index in [1.807, 2.05) is 31.2 Å². The lowest BCUT2D eigenvalue weighted by molar-refractivity contribution is -0.111. The minimum Gasteiger partial charge on any atom is -0.495 e. The van der Waals surface area contributed by atoms with Crippen molar-refractivity contribution in [2.24, 2.45) is 0 Å². The van der Waals surface area contributed by atoms with Crippen molar-refractivity contribution in [3.8, 4) is 5.75 Å². The minimum atomic E-state index is -3.64. The Labute approximate surface area is 166 Å². The summed E-state index contributed by atoms with van der Waals surface area (Å²) in [6.07, 6.45) is 3.09. The first-order valence-corrected chi connectivity index (χ1v) is 10.5. The monoisotopic (exact) mass is 402 g/mol. The zero-order valence-electron chi connectivity index (χ0n) is 16.6. The second-order valence-electron chi connectivity index (χ2n) is 6.18. The molecule has 7 heteroatoms. The number of nitrogens with zero attached hydrogens (tertiary/aromatic N) is 1. The van der Waals surface area contributed by atoms with Crippen molar-refractivity contribution in [1.82, 2.24) is 4.31 Å². The molecule has 0 radical (unpaired) electrons. The molecule has 2 aromatic carbocycles. The highest BCUT2D eigenvalue weighted by atomic mass is 32.2. The quantitative estimate of drug-likeness (QED) is 0.684. The molecule has 0 aliphatic carbocycles. The fraction of sp³-hybridized carbons (Fsp3) is 0.286. The number of ether oxygens (including phenoxy) is 1. The zero-order valence-corrected chi connectivity index (χ0v) is 17.4. The Morgan fingerprint density at radius 1 is 1.11 bits per heavy atom. The van der Waals surface area contributed by atoms with Crippen LogP contribution in [0.1, 0.15) is 25.0 Å². The van der Waals surface area contributed by atoms with Crippen LogP contribution in [0.25, 0.3) is 6.08 Å². The molecule has 0 saturated heterocycles. The van der Waals surface area contributed by atoms with Gasteiger partial charge in [-0.3, -0.25) is 4.79 Å². The molecule has 0 aliphatic rings. The van der Waals surface area contributed by atoms with Crippen molar-refractivity contribution in [3.05, 3.63) is 59.7 Å². The predicted octanol–water partition coefficient (Wildman–Crippen LogP) is 3.69. The maximum atomic E-state index is 12.7. The molecule has 1 amide bonds. The second-order valence-corrected chi connectivity index (χ2v) is 8.12. The molecule has 0 aliphatic heterocycles. The summed E-state index contributed by atoms with van der Waals surface area (Å²) in [6.45, 7) is 6.29. The number of methoxy groups -OCH3 is 1. The Balaban J connectivity index is 2.26. The van der Waals surface area contributed by atoms with E-state index in [-0.39, 0.29) is 10.8 Å². The standard InChI is InChI=1S/C21H26N2O4S/c1-5-23(6-2)28(25,26)18-12-13-20(27-4)19(15-18)22-21(24)14-11-17-9-7-16(3)8-10-17/h7-15H,5-6H2,1-4H3,(H,22,24). The lowest BCUT2D eigenvalue weighted by atomic mass is 10.1. The van der Waals surface area contributed by atoms with E-state index in [2.05, 4.69) is 5.32 Å². The van der Waals surface area contributed by atoms with Gasteiger partial charge in [-0.2, -0.15) is 4.31 Å². The topological polar surface area (TPSA) is 75.7 Å². The Hall–Kier alpha value is -2.64. The molecule has 150 valence electrons.